The molecular formula is C29H33N3O4S. The second-order valence-corrected chi connectivity index (χ2v) is 12.3. The van der Waals surface area contributed by atoms with E-state index in [0.717, 1.165) is 11.1 Å². The molecule has 0 fully saturated rings. The van der Waals surface area contributed by atoms with Gasteiger partial charge in [0.1, 0.15) is 11.6 Å². The highest BCUT2D eigenvalue weighted by Gasteiger charge is 2.30. The fourth-order valence-electron chi connectivity index (χ4n) is 4.20. The minimum absolute atomic E-state index is 0.0940. The van der Waals surface area contributed by atoms with Crippen molar-refractivity contribution in [3.05, 3.63) is 94.0 Å². The molecule has 8 heteroatoms. The van der Waals surface area contributed by atoms with Crippen molar-refractivity contribution in [3.8, 4) is 11.4 Å². The van der Waals surface area contributed by atoms with Crippen LogP contribution < -0.4 is 10.3 Å². The Morgan fingerprint density at radius 1 is 0.973 bits per heavy atom. The number of benzene rings is 3. The molecule has 0 bridgehead atoms. The van der Waals surface area contributed by atoms with Crippen LogP contribution in [-0.2, 0) is 15.4 Å². The number of ether oxygens (including phenoxy) is 1. The van der Waals surface area contributed by atoms with Crippen molar-refractivity contribution in [3.63, 3.8) is 0 Å². The van der Waals surface area contributed by atoms with Gasteiger partial charge < -0.3 is 4.74 Å². The average Bonchev–Trinajstić information content (AvgIpc) is 2.87. The first kappa shape index (κ1) is 26.6. The zero-order chi connectivity index (χ0) is 27.1. The first-order chi connectivity index (χ1) is 17.3. The summed E-state index contributed by atoms with van der Waals surface area (Å²) < 4.78 is 35.3. The van der Waals surface area contributed by atoms with E-state index >= 15 is 0 Å². The second kappa shape index (κ2) is 9.76. The van der Waals surface area contributed by atoms with Crippen LogP contribution in [0.4, 0.5) is 0 Å². The first-order valence-electron chi connectivity index (χ1n) is 12.1. The molecule has 1 unspecified atom stereocenters. The number of aromatic nitrogens is 2. The Labute approximate surface area is 218 Å². The van der Waals surface area contributed by atoms with Crippen molar-refractivity contribution in [1.82, 2.24) is 13.9 Å². The van der Waals surface area contributed by atoms with Crippen LogP contribution in [0.5, 0.6) is 5.75 Å². The van der Waals surface area contributed by atoms with Gasteiger partial charge in [-0.15, -0.1) is 0 Å². The van der Waals surface area contributed by atoms with Crippen LogP contribution in [0.15, 0.2) is 76.4 Å². The van der Waals surface area contributed by atoms with Gasteiger partial charge >= 0.3 is 0 Å². The van der Waals surface area contributed by atoms with Gasteiger partial charge in [0, 0.05) is 7.05 Å². The minimum atomic E-state index is -3.87. The number of hydrogen-bond donors (Lipinski definition) is 0. The Morgan fingerprint density at radius 2 is 1.59 bits per heavy atom. The fraction of sp³-hybridized carbons (Fsp3) is 0.310. The maximum absolute atomic E-state index is 13.8. The largest absolute Gasteiger partial charge is 0.497 e. The van der Waals surface area contributed by atoms with Crippen LogP contribution in [0.2, 0.25) is 0 Å². The predicted octanol–water partition coefficient (Wildman–Crippen LogP) is 5.38. The molecule has 0 aliphatic carbocycles. The number of aryl methyl sites for hydroxylation is 1. The number of nitrogens with zero attached hydrogens (tertiary/aromatic N) is 3. The van der Waals surface area contributed by atoms with Gasteiger partial charge in [0.15, 0.2) is 0 Å². The van der Waals surface area contributed by atoms with E-state index in [1.165, 1.54) is 23.0 Å². The molecule has 3 aromatic carbocycles. The monoisotopic (exact) mass is 519 g/mol. The molecular weight excluding hydrogens is 486 g/mol. The van der Waals surface area contributed by atoms with E-state index in [0.29, 0.717) is 28.2 Å². The van der Waals surface area contributed by atoms with E-state index in [1.54, 1.807) is 37.3 Å². The predicted molar refractivity (Wildman–Crippen MR) is 147 cm³/mol. The average molecular weight is 520 g/mol. The van der Waals surface area contributed by atoms with E-state index in [9.17, 15) is 13.2 Å². The molecule has 0 N–H and O–H groups in total. The number of rotatable bonds is 6. The van der Waals surface area contributed by atoms with E-state index in [-0.39, 0.29) is 15.9 Å². The summed E-state index contributed by atoms with van der Waals surface area (Å²) in [5.41, 5.74) is 2.77. The number of hydrogen-bond acceptors (Lipinski definition) is 5. The van der Waals surface area contributed by atoms with Crippen molar-refractivity contribution in [2.24, 2.45) is 0 Å². The standard InChI is InChI=1S/C29H33N3O4S/c1-19-8-12-22(13-9-19)32-27(30-26-17-14-23(36-7)18-25(26)28(32)33)20(2)31(6)37(34,35)24-15-10-21(11-16-24)29(3,4)5/h8-18,20H,1-7H3. The third kappa shape index (κ3) is 5.04. The Morgan fingerprint density at radius 3 is 2.16 bits per heavy atom. The summed E-state index contributed by atoms with van der Waals surface area (Å²) in [6.07, 6.45) is 0. The third-order valence-electron chi connectivity index (χ3n) is 6.71. The molecule has 0 saturated heterocycles. The van der Waals surface area contributed by atoms with Gasteiger partial charge in [-0.25, -0.2) is 13.4 Å². The molecule has 4 rings (SSSR count). The molecule has 1 heterocycles. The molecule has 1 atom stereocenters. The van der Waals surface area contributed by atoms with E-state index < -0.39 is 16.1 Å². The Bertz CT molecular complexity index is 1600. The van der Waals surface area contributed by atoms with Crippen molar-refractivity contribution >= 4 is 20.9 Å². The van der Waals surface area contributed by atoms with Gasteiger partial charge in [-0.05, 0) is 67.3 Å². The van der Waals surface area contributed by atoms with Crippen molar-refractivity contribution in [2.45, 2.75) is 51.0 Å². The molecule has 1 aromatic heterocycles. The lowest BCUT2D eigenvalue weighted by molar-refractivity contribution is 0.379. The quantitative estimate of drug-likeness (QED) is 0.342. The molecule has 0 radical (unpaired) electrons. The molecule has 0 aliphatic heterocycles. The highest BCUT2D eigenvalue weighted by atomic mass is 32.2. The van der Waals surface area contributed by atoms with Crippen molar-refractivity contribution < 1.29 is 13.2 Å². The van der Waals surface area contributed by atoms with Gasteiger partial charge in [0.05, 0.1) is 34.6 Å². The fourth-order valence-corrected chi connectivity index (χ4v) is 5.52. The molecule has 0 spiro atoms. The lowest BCUT2D eigenvalue weighted by Gasteiger charge is -2.27. The molecule has 4 aromatic rings. The van der Waals surface area contributed by atoms with Crippen molar-refractivity contribution in [2.75, 3.05) is 14.2 Å². The summed E-state index contributed by atoms with van der Waals surface area (Å²) in [6.45, 7) is 9.94. The van der Waals surface area contributed by atoms with E-state index in [2.05, 4.69) is 20.8 Å². The Hall–Kier alpha value is -3.49. The van der Waals surface area contributed by atoms with Crippen LogP contribution in [0, 0.1) is 6.92 Å². The van der Waals surface area contributed by atoms with Gasteiger partial charge in [0.2, 0.25) is 10.0 Å². The van der Waals surface area contributed by atoms with Gasteiger partial charge in [-0.2, -0.15) is 4.31 Å². The maximum Gasteiger partial charge on any atom is 0.266 e. The lowest BCUT2D eigenvalue weighted by Crippen LogP contribution is -2.35. The Balaban J connectivity index is 1.86. The van der Waals surface area contributed by atoms with E-state index in [1.807, 2.05) is 43.3 Å². The molecule has 0 amide bonds. The summed E-state index contributed by atoms with van der Waals surface area (Å²) in [4.78, 5) is 18.8. The van der Waals surface area contributed by atoms with Gasteiger partial charge in [-0.1, -0.05) is 50.6 Å². The van der Waals surface area contributed by atoms with Gasteiger partial charge in [-0.3, -0.25) is 9.36 Å². The number of sulfonamides is 1. The molecule has 194 valence electrons. The zero-order valence-corrected chi connectivity index (χ0v) is 23.1. The minimum Gasteiger partial charge on any atom is -0.497 e. The van der Waals surface area contributed by atoms with E-state index in [4.69, 9.17) is 9.72 Å². The van der Waals surface area contributed by atoms with Crippen LogP contribution in [0.25, 0.3) is 16.6 Å². The second-order valence-electron chi connectivity index (χ2n) is 10.3. The molecule has 37 heavy (non-hydrogen) atoms. The first-order valence-corrected chi connectivity index (χ1v) is 13.5. The molecule has 7 nitrogen and oxygen atoms in total. The maximum atomic E-state index is 13.8. The lowest BCUT2D eigenvalue weighted by atomic mass is 9.87. The summed E-state index contributed by atoms with van der Waals surface area (Å²) >= 11 is 0. The molecule has 0 saturated carbocycles. The van der Waals surface area contributed by atoms with Crippen LogP contribution in [0.1, 0.15) is 50.7 Å². The summed E-state index contributed by atoms with van der Waals surface area (Å²) in [6, 6.07) is 18.8. The highest BCUT2D eigenvalue weighted by molar-refractivity contribution is 7.89. The zero-order valence-electron chi connectivity index (χ0n) is 22.3. The normalized spacial score (nSPS) is 13.2. The number of fused-ring (bicyclic) bond motifs is 1. The topological polar surface area (TPSA) is 81.5 Å². The molecule has 0 aliphatic rings. The number of methoxy groups -OCH3 is 1. The van der Waals surface area contributed by atoms with Gasteiger partial charge in [0.25, 0.3) is 5.56 Å². The SMILES string of the molecule is COc1ccc2nc(C(C)N(C)S(=O)(=O)c3ccc(C(C)(C)C)cc3)n(-c3ccc(C)cc3)c(=O)c2c1. The Kier molecular flexibility index (Phi) is 7.01. The van der Waals surface area contributed by atoms with Crippen LogP contribution in [-0.4, -0.2) is 36.4 Å². The van der Waals surface area contributed by atoms with Crippen LogP contribution in [0.3, 0.4) is 0 Å². The van der Waals surface area contributed by atoms with Crippen LogP contribution >= 0.6 is 0 Å². The van der Waals surface area contributed by atoms with Crippen molar-refractivity contribution in [1.29, 1.82) is 0 Å². The summed E-state index contributed by atoms with van der Waals surface area (Å²) in [5, 5.41) is 0.388. The highest BCUT2D eigenvalue weighted by Crippen LogP contribution is 2.29. The smallest absolute Gasteiger partial charge is 0.266 e. The third-order valence-corrected chi connectivity index (χ3v) is 8.65. The summed E-state index contributed by atoms with van der Waals surface area (Å²) in [5.74, 6) is 0.866. The summed E-state index contributed by atoms with van der Waals surface area (Å²) in [7, 11) is -0.819.